The summed E-state index contributed by atoms with van der Waals surface area (Å²) in [7, 11) is 0. The lowest BCUT2D eigenvalue weighted by Crippen LogP contribution is -2.26. The van der Waals surface area contributed by atoms with Gasteiger partial charge in [-0.1, -0.05) is 42.5 Å². The first-order valence-electron chi connectivity index (χ1n) is 6.92. The standard InChI is InChI=1S/C17H22N2O/c1-14-16(8-5-9-17(14)18)13-19(10-11-20)12-15-6-3-2-4-7-15/h2-9,20H,10-13,18H2,1H3. The number of aliphatic hydroxyl groups is 1. The number of nitrogens with two attached hydrogens (primary N) is 1. The van der Waals surface area contributed by atoms with Gasteiger partial charge in [0.1, 0.15) is 0 Å². The van der Waals surface area contributed by atoms with Crippen LogP contribution < -0.4 is 5.73 Å². The summed E-state index contributed by atoms with van der Waals surface area (Å²) in [4.78, 5) is 2.23. The van der Waals surface area contributed by atoms with E-state index in [0.29, 0.717) is 6.54 Å². The van der Waals surface area contributed by atoms with Crippen molar-refractivity contribution in [2.75, 3.05) is 18.9 Å². The molecule has 2 aromatic carbocycles. The van der Waals surface area contributed by atoms with Gasteiger partial charge in [0.15, 0.2) is 0 Å². The van der Waals surface area contributed by atoms with E-state index in [1.807, 2.05) is 37.3 Å². The molecule has 0 amide bonds. The Morgan fingerprint density at radius 1 is 1.00 bits per heavy atom. The molecule has 0 atom stereocenters. The number of hydrogen-bond donors (Lipinski definition) is 2. The average Bonchev–Trinajstić information content (AvgIpc) is 2.45. The summed E-state index contributed by atoms with van der Waals surface area (Å²) in [5.41, 5.74) is 10.4. The minimum Gasteiger partial charge on any atom is -0.399 e. The van der Waals surface area contributed by atoms with Crippen LogP contribution in [0.2, 0.25) is 0 Å². The zero-order chi connectivity index (χ0) is 14.4. The molecule has 0 saturated heterocycles. The maximum Gasteiger partial charge on any atom is 0.0558 e. The lowest BCUT2D eigenvalue weighted by Gasteiger charge is -2.23. The van der Waals surface area contributed by atoms with Gasteiger partial charge in [-0.15, -0.1) is 0 Å². The monoisotopic (exact) mass is 270 g/mol. The van der Waals surface area contributed by atoms with E-state index in [1.165, 1.54) is 11.1 Å². The zero-order valence-corrected chi connectivity index (χ0v) is 11.9. The number of rotatable bonds is 6. The summed E-state index contributed by atoms with van der Waals surface area (Å²) >= 11 is 0. The van der Waals surface area contributed by atoms with Gasteiger partial charge in [-0.2, -0.15) is 0 Å². The highest BCUT2D eigenvalue weighted by Gasteiger charge is 2.09. The Morgan fingerprint density at radius 3 is 2.45 bits per heavy atom. The molecule has 3 nitrogen and oxygen atoms in total. The zero-order valence-electron chi connectivity index (χ0n) is 11.9. The van der Waals surface area contributed by atoms with Crippen LogP contribution in [0.1, 0.15) is 16.7 Å². The molecule has 0 aromatic heterocycles. The molecule has 106 valence electrons. The molecule has 0 fully saturated rings. The molecule has 0 aliphatic rings. The molecule has 0 aliphatic carbocycles. The first-order valence-corrected chi connectivity index (χ1v) is 6.92. The van der Waals surface area contributed by atoms with Crippen molar-refractivity contribution in [3.63, 3.8) is 0 Å². The van der Waals surface area contributed by atoms with E-state index in [2.05, 4.69) is 23.1 Å². The maximum atomic E-state index is 9.25. The van der Waals surface area contributed by atoms with E-state index < -0.39 is 0 Å². The topological polar surface area (TPSA) is 49.5 Å². The highest BCUT2D eigenvalue weighted by atomic mass is 16.3. The summed E-state index contributed by atoms with van der Waals surface area (Å²) in [5, 5.41) is 9.25. The van der Waals surface area contributed by atoms with Crippen LogP contribution in [-0.2, 0) is 13.1 Å². The van der Waals surface area contributed by atoms with Crippen LogP contribution in [-0.4, -0.2) is 23.2 Å². The summed E-state index contributed by atoms with van der Waals surface area (Å²) in [6.07, 6.45) is 0. The second-order valence-corrected chi connectivity index (χ2v) is 5.05. The molecule has 3 N–H and O–H groups in total. The fourth-order valence-electron chi connectivity index (χ4n) is 2.31. The molecule has 3 heteroatoms. The predicted octanol–water partition coefficient (Wildman–Crippen LogP) is 2.57. The molecule has 2 aromatic rings. The van der Waals surface area contributed by atoms with Crippen molar-refractivity contribution in [1.82, 2.24) is 4.90 Å². The van der Waals surface area contributed by atoms with Gasteiger partial charge in [0.05, 0.1) is 6.61 Å². The average molecular weight is 270 g/mol. The fourth-order valence-corrected chi connectivity index (χ4v) is 2.31. The number of anilines is 1. The summed E-state index contributed by atoms with van der Waals surface area (Å²) in [5.74, 6) is 0. The Hall–Kier alpha value is -1.84. The van der Waals surface area contributed by atoms with Crippen molar-refractivity contribution in [3.05, 3.63) is 65.2 Å². The van der Waals surface area contributed by atoms with Gasteiger partial charge in [-0.05, 0) is 29.7 Å². The van der Waals surface area contributed by atoms with Crippen molar-refractivity contribution in [2.45, 2.75) is 20.0 Å². The van der Waals surface area contributed by atoms with E-state index in [0.717, 1.165) is 24.3 Å². The molecule has 0 radical (unpaired) electrons. The summed E-state index contributed by atoms with van der Waals surface area (Å²) in [6.45, 7) is 4.49. The number of aliphatic hydroxyl groups excluding tert-OH is 1. The Labute approximate surface area is 120 Å². The van der Waals surface area contributed by atoms with Gasteiger partial charge in [0, 0.05) is 25.3 Å². The number of hydrogen-bond acceptors (Lipinski definition) is 3. The third-order valence-electron chi connectivity index (χ3n) is 3.55. The quantitative estimate of drug-likeness (QED) is 0.793. The Bertz CT molecular complexity index is 540. The molecule has 0 heterocycles. The Morgan fingerprint density at radius 2 is 1.75 bits per heavy atom. The van der Waals surface area contributed by atoms with E-state index in [-0.39, 0.29) is 6.61 Å². The maximum absolute atomic E-state index is 9.25. The van der Waals surface area contributed by atoms with Crippen molar-refractivity contribution in [2.24, 2.45) is 0 Å². The number of nitrogen functional groups attached to an aromatic ring is 1. The second kappa shape index (κ2) is 7.08. The van der Waals surface area contributed by atoms with Crippen LogP contribution in [0.3, 0.4) is 0 Å². The van der Waals surface area contributed by atoms with Gasteiger partial charge in [-0.3, -0.25) is 4.90 Å². The molecular weight excluding hydrogens is 248 g/mol. The van der Waals surface area contributed by atoms with E-state index >= 15 is 0 Å². The second-order valence-electron chi connectivity index (χ2n) is 5.05. The molecule has 0 bridgehead atoms. The first-order chi connectivity index (χ1) is 9.70. The largest absolute Gasteiger partial charge is 0.399 e. The first kappa shape index (κ1) is 14.6. The number of benzene rings is 2. The van der Waals surface area contributed by atoms with Gasteiger partial charge in [0.25, 0.3) is 0 Å². The molecule has 2 rings (SSSR count). The van der Waals surface area contributed by atoms with Gasteiger partial charge < -0.3 is 10.8 Å². The molecule has 0 saturated carbocycles. The van der Waals surface area contributed by atoms with Crippen LogP contribution in [0.15, 0.2) is 48.5 Å². The van der Waals surface area contributed by atoms with Gasteiger partial charge in [-0.25, -0.2) is 0 Å². The van der Waals surface area contributed by atoms with Crippen LogP contribution in [0.4, 0.5) is 5.69 Å². The van der Waals surface area contributed by atoms with Crippen LogP contribution in [0, 0.1) is 6.92 Å². The lowest BCUT2D eigenvalue weighted by molar-refractivity contribution is 0.184. The molecule has 0 unspecified atom stereocenters. The molecule has 0 spiro atoms. The van der Waals surface area contributed by atoms with Crippen molar-refractivity contribution >= 4 is 5.69 Å². The normalized spacial score (nSPS) is 10.9. The van der Waals surface area contributed by atoms with Crippen molar-refractivity contribution < 1.29 is 5.11 Å². The van der Waals surface area contributed by atoms with E-state index in [4.69, 9.17) is 5.73 Å². The lowest BCUT2D eigenvalue weighted by atomic mass is 10.1. The summed E-state index contributed by atoms with van der Waals surface area (Å²) in [6, 6.07) is 16.3. The number of nitrogens with zero attached hydrogens (tertiary/aromatic N) is 1. The SMILES string of the molecule is Cc1c(N)cccc1CN(CCO)Cc1ccccc1. The van der Waals surface area contributed by atoms with E-state index in [1.54, 1.807) is 0 Å². The van der Waals surface area contributed by atoms with Crippen molar-refractivity contribution in [1.29, 1.82) is 0 Å². The molecular formula is C17H22N2O. The molecule has 20 heavy (non-hydrogen) atoms. The van der Waals surface area contributed by atoms with Gasteiger partial charge in [0.2, 0.25) is 0 Å². The van der Waals surface area contributed by atoms with Crippen LogP contribution >= 0.6 is 0 Å². The molecule has 0 aliphatic heterocycles. The smallest absolute Gasteiger partial charge is 0.0558 e. The minimum absolute atomic E-state index is 0.161. The van der Waals surface area contributed by atoms with E-state index in [9.17, 15) is 5.11 Å². The minimum atomic E-state index is 0.161. The highest BCUT2D eigenvalue weighted by Crippen LogP contribution is 2.18. The Kier molecular flexibility index (Phi) is 5.16. The van der Waals surface area contributed by atoms with Gasteiger partial charge >= 0.3 is 0 Å². The third kappa shape index (κ3) is 3.83. The predicted molar refractivity (Wildman–Crippen MR) is 83.2 cm³/mol. The van der Waals surface area contributed by atoms with Crippen LogP contribution in [0.5, 0.6) is 0 Å². The highest BCUT2D eigenvalue weighted by molar-refractivity contribution is 5.49. The van der Waals surface area contributed by atoms with Crippen LogP contribution in [0.25, 0.3) is 0 Å². The Balaban J connectivity index is 2.11. The fraction of sp³-hybridized carbons (Fsp3) is 0.294. The third-order valence-corrected chi connectivity index (χ3v) is 3.55. The summed E-state index contributed by atoms with van der Waals surface area (Å²) < 4.78 is 0. The van der Waals surface area contributed by atoms with Crippen molar-refractivity contribution in [3.8, 4) is 0 Å².